The Hall–Kier alpha value is -2.01. The van der Waals surface area contributed by atoms with Crippen LogP contribution in [0, 0.1) is 6.92 Å². The molecule has 0 saturated carbocycles. The summed E-state index contributed by atoms with van der Waals surface area (Å²) in [5, 5.41) is 0. The van der Waals surface area contributed by atoms with Gasteiger partial charge in [-0.25, -0.2) is 8.42 Å². The minimum Gasteiger partial charge on any atom is -0.378 e. The molecule has 0 atom stereocenters. The average Bonchev–Trinajstić information content (AvgIpc) is 2.39. The quantitative estimate of drug-likeness (QED) is 0.942. The third-order valence-electron chi connectivity index (χ3n) is 2.94. The number of hydrogen-bond donors (Lipinski definition) is 1. The van der Waals surface area contributed by atoms with Crippen molar-refractivity contribution >= 4 is 21.4 Å². The monoisotopic (exact) mass is 290 g/mol. The smallest absolute Gasteiger partial charge is 0.261 e. The highest BCUT2D eigenvalue weighted by atomic mass is 32.2. The summed E-state index contributed by atoms with van der Waals surface area (Å²) >= 11 is 0. The fraction of sp³-hybridized carbons (Fsp3) is 0.200. The summed E-state index contributed by atoms with van der Waals surface area (Å²) in [5.41, 5.74) is 2.48. The van der Waals surface area contributed by atoms with Gasteiger partial charge in [0.15, 0.2) is 0 Å². The molecule has 0 bridgehead atoms. The van der Waals surface area contributed by atoms with Crippen molar-refractivity contribution in [3.8, 4) is 0 Å². The molecule has 0 aliphatic rings. The maximum absolute atomic E-state index is 12.3. The SMILES string of the molecule is Cc1cccc(S(=O)(=O)Nc2ccc(N(C)C)cc2)c1. The van der Waals surface area contributed by atoms with Gasteiger partial charge >= 0.3 is 0 Å². The maximum Gasteiger partial charge on any atom is 0.261 e. The van der Waals surface area contributed by atoms with Crippen LogP contribution in [0.5, 0.6) is 0 Å². The van der Waals surface area contributed by atoms with Gasteiger partial charge in [0, 0.05) is 25.5 Å². The Kier molecular flexibility index (Phi) is 3.99. The Balaban J connectivity index is 2.24. The first-order valence-corrected chi connectivity index (χ1v) is 7.74. The standard InChI is InChI=1S/C15H18N2O2S/c1-12-5-4-6-15(11-12)20(18,19)16-13-7-9-14(10-8-13)17(2)3/h4-11,16H,1-3H3. The molecule has 0 spiro atoms. The largest absolute Gasteiger partial charge is 0.378 e. The second kappa shape index (κ2) is 5.54. The van der Waals surface area contributed by atoms with Crippen molar-refractivity contribution in [2.24, 2.45) is 0 Å². The van der Waals surface area contributed by atoms with E-state index in [4.69, 9.17) is 0 Å². The first-order valence-electron chi connectivity index (χ1n) is 6.25. The van der Waals surface area contributed by atoms with Crippen LogP contribution < -0.4 is 9.62 Å². The summed E-state index contributed by atoms with van der Waals surface area (Å²) in [6.45, 7) is 1.87. The van der Waals surface area contributed by atoms with Crippen LogP contribution in [0.1, 0.15) is 5.56 Å². The zero-order chi connectivity index (χ0) is 14.8. The summed E-state index contributed by atoms with van der Waals surface area (Å²) in [4.78, 5) is 2.23. The van der Waals surface area contributed by atoms with E-state index in [1.54, 1.807) is 30.3 Å². The van der Waals surface area contributed by atoms with Crippen molar-refractivity contribution in [2.45, 2.75) is 11.8 Å². The maximum atomic E-state index is 12.3. The molecule has 5 heteroatoms. The van der Waals surface area contributed by atoms with Crippen LogP contribution in [-0.4, -0.2) is 22.5 Å². The number of hydrogen-bond acceptors (Lipinski definition) is 3. The highest BCUT2D eigenvalue weighted by molar-refractivity contribution is 7.92. The van der Waals surface area contributed by atoms with Crippen LogP contribution in [0.15, 0.2) is 53.4 Å². The molecule has 0 aliphatic carbocycles. The second-order valence-electron chi connectivity index (χ2n) is 4.86. The molecule has 20 heavy (non-hydrogen) atoms. The second-order valence-corrected chi connectivity index (χ2v) is 6.55. The number of sulfonamides is 1. The molecule has 0 saturated heterocycles. The molecule has 106 valence electrons. The van der Waals surface area contributed by atoms with E-state index in [1.165, 1.54) is 0 Å². The zero-order valence-corrected chi connectivity index (χ0v) is 12.6. The van der Waals surface area contributed by atoms with Gasteiger partial charge in [0.2, 0.25) is 0 Å². The molecular weight excluding hydrogens is 272 g/mol. The fourth-order valence-corrected chi connectivity index (χ4v) is 2.99. The van der Waals surface area contributed by atoms with Crippen molar-refractivity contribution < 1.29 is 8.42 Å². The number of nitrogens with one attached hydrogen (secondary N) is 1. The van der Waals surface area contributed by atoms with E-state index in [0.717, 1.165) is 11.3 Å². The van der Waals surface area contributed by atoms with Crippen molar-refractivity contribution in [3.05, 3.63) is 54.1 Å². The number of nitrogens with zero attached hydrogens (tertiary/aromatic N) is 1. The lowest BCUT2D eigenvalue weighted by molar-refractivity contribution is 0.601. The van der Waals surface area contributed by atoms with E-state index < -0.39 is 10.0 Å². The first-order chi connectivity index (χ1) is 9.38. The summed E-state index contributed by atoms with van der Waals surface area (Å²) in [6.07, 6.45) is 0. The molecule has 0 unspecified atom stereocenters. The van der Waals surface area contributed by atoms with Crippen LogP contribution in [0.2, 0.25) is 0 Å². The van der Waals surface area contributed by atoms with Gasteiger partial charge in [-0.15, -0.1) is 0 Å². The predicted octanol–water partition coefficient (Wildman–Crippen LogP) is 2.86. The molecule has 2 aromatic carbocycles. The van der Waals surface area contributed by atoms with Crippen LogP contribution >= 0.6 is 0 Å². The third-order valence-corrected chi connectivity index (χ3v) is 4.31. The van der Waals surface area contributed by atoms with E-state index in [2.05, 4.69) is 4.72 Å². The van der Waals surface area contributed by atoms with E-state index >= 15 is 0 Å². The fourth-order valence-electron chi connectivity index (χ4n) is 1.82. The molecule has 0 fully saturated rings. The van der Waals surface area contributed by atoms with Crippen molar-refractivity contribution in [3.63, 3.8) is 0 Å². The van der Waals surface area contributed by atoms with Gasteiger partial charge in [-0.2, -0.15) is 0 Å². The molecule has 0 radical (unpaired) electrons. The number of rotatable bonds is 4. The average molecular weight is 290 g/mol. The van der Waals surface area contributed by atoms with Crippen LogP contribution in [-0.2, 0) is 10.0 Å². The molecule has 0 heterocycles. The first kappa shape index (κ1) is 14.4. The summed E-state index contributed by atoms with van der Waals surface area (Å²) < 4.78 is 27.1. The van der Waals surface area contributed by atoms with Gasteiger partial charge in [-0.3, -0.25) is 4.72 Å². The van der Waals surface area contributed by atoms with Gasteiger partial charge in [-0.05, 0) is 48.9 Å². The van der Waals surface area contributed by atoms with Gasteiger partial charge < -0.3 is 4.90 Å². The molecule has 2 rings (SSSR count). The topological polar surface area (TPSA) is 49.4 Å². The lowest BCUT2D eigenvalue weighted by Crippen LogP contribution is -2.13. The lowest BCUT2D eigenvalue weighted by Gasteiger charge is -2.13. The van der Waals surface area contributed by atoms with E-state index in [-0.39, 0.29) is 4.90 Å². The van der Waals surface area contributed by atoms with Gasteiger partial charge in [0.1, 0.15) is 0 Å². The highest BCUT2D eigenvalue weighted by Crippen LogP contribution is 2.19. The molecule has 0 amide bonds. The van der Waals surface area contributed by atoms with Crippen LogP contribution in [0.3, 0.4) is 0 Å². The van der Waals surface area contributed by atoms with Gasteiger partial charge in [-0.1, -0.05) is 12.1 Å². The Labute approximate surface area is 120 Å². The minimum atomic E-state index is -3.53. The van der Waals surface area contributed by atoms with E-state index in [9.17, 15) is 8.42 Å². The van der Waals surface area contributed by atoms with E-state index in [1.807, 2.05) is 44.1 Å². The van der Waals surface area contributed by atoms with E-state index in [0.29, 0.717) is 5.69 Å². The van der Waals surface area contributed by atoms with Crippen molar-refractivity contribution in [1.29, 1.82) is 0 Å². The summed E-state index contributed by atoms with van der Waals surface area (Å²) in [6, 6.07) is 14.1. The predicted molar refractivity (Wildman–Crippen MR) is 82.8 cm³/mol. The molecule has 2 aromatic rings. The molecule has 0 aliphatic heterocycles. The Morgan fingerprint density at radius 1 is 1.00 bits per heavy atom. The summed E-state index contributed by atoms with van der Waals surface area (Å²) in [7, 11) is 0.340. The molecule has 4 nitrogen and oxygen atoms in total. The van der Waals surface area contributed by atoms with Gasteiger partial charge in [0.25, 0.3) is 10.0 Å². The van der Waals surface area contributed by atoms with Crippen molar-refractivity contribution in [2.75, 3.05) is 23.7 Å². The molecule has 1 N–H and O–H groups in total. The molecule has 0 aromatic heterocycles. The number of aryl methyl sites for hydroxylation is 1. The Morgan fingerprint density at radius 3 is 2.20 bits per heavy atom. The zero-order valence-electron chi connectivity index (χ0n) is 11.8. The third kappa shape index (κ3) is 3.30. The number of benzene rings is 2. The summed E-state index contributed by atoms with van der Waals surface area (Å²) in [5.74, 6) is 0. The number of anilines is 2. The van der Waals surface area contributed by atoms with Gasteiger partial charge in [0.05, 0.1) is 4.90 Å². The minimum absolute atomic E-state index is 0.272. The molecular formula is C15H18N2O2S. The Morgan fingerprint density at radius 2 is 1.65 bits per heavy atom. The lowest BCUT2D eigenvalue weighted by atomic mass is 10.2. The highest BCUT2D eigenvalue weighted by Gasteiger charge is 2.13. The normalized spacial score (nSPS) is 11.2. The van der Waals surface area contributed by atoms with Crippen LogP contribution in [0.4, 0.5) is 11.4 Å². The van der Waals surface area contributed by atoms with Crippen LogP contribution in [0.25, 0.3) is 0 Å². The Bertz CT molecular complexity index is 692. The van der Waals surface area contributed by atoms with Crippen molar-refractivity contribution in [1.82, 2.24) is 0 Å².